The summed E-state index contributed by atoms with van der Waals surface area (Å²) >= 11 is 5.31. The first kappa shape index (κ1) is 14.9. The van der Waals surface area contributed by atoms with Crippen LogP contribution in [0.25, 0.3) is 0 Å². The van der Waals surface area contributed by atoms with Gasteiger partial charge in [0.1, 0.15) is 0 Å². The van der Waals surface area contributed by atoms with Gasteiger partial charge >= 0.3 is 0 Å². The minimum absolute atomic E-state index is 0.0580. The van der Waals surface area contributed by atoms with E-state index in [1.54, 1.807) is 35.5 Å². The van der Waals surface area contributed by atoms with Crippen molar-refractivity contribution >= 4 is 46.5 Å². The summed E-state index contributed by atoms with van der Waals surface area (Å²) in [5.74, 6) is 3.31. The number of hydrogen-bond acceptors (Lipinski definition) is 5. The van der Waals surface area contributed by atoms with Crippen molar-refractivity contribution in [2.45, 2.75) is 11.8 Å². The molecule has 1 aliphatic heterocycles. The van der Waals surface area contributed by atoms with Gasteiger partial charge in [-0.05, 0) is 34.5 Å². The molecule has 3 rings (SSSR count). The lowest BCUT2D eigenvalue weighted by Gasteiger charge is -2.28. The Morgan fingerprint density at radius 2 is 2.33 bits per heavy atom. The molecule has 21 heavy (non-hydrogen) atoms. The van der Waals surface area contributed by atoms with Gasteiger partial charge < -0.3 is 4.90 Å². The van der Waals surface area contributed by atoms with Crippen molar-refractivity contribution in [3.8, 4) is 0 Å². The molecule has 3 heterocycles. The Hall–Kier alpha value is -0.980. The van der Waals surface area contributed by atoms with E-state index < -0.39 is 0 Å². The predicted molar refractivity (Wildman–Crippen MR) is 93.3 cm³/mol. The van der Waals surface area contributed by atoms with Crippen molar-refractivity contribution in [3.63, 3.8) is 0 Å². The van der Waals surface area contributed by atoms with Gasteiger partial charge in [-0.3, -0.25) is 9.78 Å². The fourth-order valence-corrected chi connectivity index (χ4v) is 5.45. The molecule has 0 unspecified atom stereocenters. The number of anilines is 1. The molecule has 0 spiro atoms. The first-order valence-corrected chi connectivity index (χ1v) is 9.91. The number of carbonyl (C=O) groups is 1. The zero-order chi connectivity index (χ0) is 14.5. The molecule has 0 aliphatic carbocycles. The third-order valence-electron chi connectivity index (χ3n) is 3.24. The number of nitrogens with zero attached hydrogens (tertiary/aromatic N) is 2. The molecule has 0 bridgehead atoms. The summed E-state index contributed by atoms with van der Waals surface area (Å²) in [6.45, 7) is 0.621. The van der Waals surface area contributed by atoms with Gasteiger partial charge in [0.2, 0.25) is 5.91 Å². The van der Waals surface area contributed by atoms with Crippen molar-refractivity contribution in [2.75, 3.05) is 22.2 Å². The Labute approximate surface area is 137 Å². The summed E-state index contributed by atoms with van der Waals surface area (Å²) in [5.41, 5.74) is 2.05. The van der Waals surface area contributed by atoms with Gasteiger partial charge in [-0.1, -0.05) is 0 Å². The van der Waals surface area contributed by atoms with Crippen LogP contribution >= 0.6 is 34.9 Å². The van der Waals surface area contributed by atoms with Crippen LogP contribution in [-0.2, 0) is 11.3 Å². The Bertz CT molecular complexity index is 568. The van der Waals surface area contributed by atoms with Crippen LogP contribution in [0.5, 0.6) is 0 Å². The average Bonchev–Trinajstić information content (AvgIpc) is 3.07. The second kappa shape index (κ2) is 7.33. The lowest BCUT2D eigenvalue weighted by Crippen LogP contribution is -2.39. The van der Waals surface area contributed by atoms with Crippen molar-refractivity contribution in [1.82, 2.24) is 4.98 Å². The number of hydrogen-bond donors (Lipinski definition) is 0. The van der Waals surface area contributed by atoms with Crippen molar-refractivity contribution in [3.05, 3.63) is 46.9 Å². The molecular weight excluding hydrogens is 320 g/mol. The lowest BCUT2D eigenvalue weighted by atomic mass is 10.2. The first-order chi connectivity index (χ1) is 10.3. The van der Waals surface area contributed by atoms with Crippen molar-refractivity contribution in [2.24, 2.45) is 0 Å². The molecular formula is C15H16N2OS3. The van der Waals surface area contributed by atoms with Gasteiger partial charge in [0, 0.05) is 23.5 Å². The van der Waals surface area contributed by atoms with Gasteiger partial charge in [-0.15, -0.1) is 11.8 Å². The van der Waals surface area contributed by atoms with Crippen LogP contribution in [0.3, 0.4) is 0 Å². The second-order valence-corrected chi connectivity index (χ2v) is 7.94. The van der Waals surface area contributed by atoms with Gasteiger partial charge in [0.05, 0.1) is 23.7 Å². The monoisotopic (exact) mass is 336 g/mol. The molecule has 0 radical (unpaired) electrons. The third-order valence-corrected chi connectivity index (χ3v) is 6.71. The van der Waals surface area contributed by atoms with Crippen LogP contribution in [0.15, 0.2) is 41.4 Å². The number of thioether (sulfide) groups is 2. The smallest absolute Gasteiger partial charge is 0.241 e. The molecule has 1 amide bonds. The normalized spacial score (nSPS) is 18.4. The summed E-state index contributed by atoms with van der Waals surface area (Å²) in [7, 11) is 0. The highest BCUT2D eigenvalue weighted by molar-refractivity contribution is 8.07. The van der Waals surface area contributed by atoms with Gasteiger partial charge in [0.15, 0.2) is 0 Å². The van der Waals surface area contributed by atoms with Crippen molar-refractivity contribution < 1.29 is 4.79 Å². The van der Waals surface area contributed by atoms with Gasteiger partial charge in [0.25, 0.3) is 0 Å². The minimum atomic E-state index is 0.0580. The van der Waals surface area contributed by atoms with Crippen LogP contribution in [-0.4, -0.2) is 33.4 Å². The van der Waals surface area contributed by atoms with E-state index in [4.69, 9.17) is 0 Å². The quantitative estimate of drug-likeness (QED) is 0.855. The average molecular weight is 337 g/mol. The van der Waals surface area contributed by atoms with E-state index in [-0.39, 0.29) is 11.2 Å². The summed E-state index contributed by atoms with van der Waals surface area (Å²) < 4.78 is 0. The second-order valence-electron chi connectivity index (χ2n) is 4.70. The molecule has 1 saturated heterocycles. The molecule has 6 heteroatoms. The molecule has 1 fully saturated rings. The van der Waals surface area contributed by atoms with Crippen LogP contribution in [0.4, 0.5) is 5.69 Å². The molecule has 110 valence electrons. The highest BCUT2D eigenvalue weighted by Crippen LogP contribution is 2.28. The lowest BCUT2D eigenvalue weighted by molar-refractivity contribution is -0.117. The van der Waals surface area contributed by atoms with E-state index in [2.05, 4.69) is 16.4 Å². The molecule has 0 aromatic carbocycles. The largest absolute Gasteiger partial charge is 0.305 e. The Morgan fingerprint density at radius 1 is 1.38 bits per heavy atom. The molecule has 1 atom stereocenters. The minimum Gasteiger partial charge on any atom is -0.305 e. The molecule has 2 aromatic heterocycles. The number of carbonyl (C=O) groups excluding carboxylic acids is 1. The number of rotatable bonds is 4. The van der Waals surface area contributed by atoms with E-state index >= 15 is 0 Å². The number of thiophene rings is 1. The number of aromatic nitrogens is 1. The first-order valence-electron chi connectivity index (χ1n) is 6.76. The van der Waals surface area contributed by atoms with E-state index in [1.807, 2.05) is 34.2 Å². The van der Waals surface area contributed by atoms with E-state index in [0.29, 0.717) is 6.54 Å². The van der Waals surface area contributed by atoms with Crippen LogP contribution in [0, 0.1) is 0 Å². The molecule has 0 saturated carbocycles. The third kappa shape index (κ3) is 3.81. The molecule has 0 N–H and O–H groups in total. The van der Waals surface area contributed by atoms with Gasteiger partial charge in [-0.25, -0.2) is 0 Å². The highest BCUT2D eigenvalue weighted by Gasteiger charge is 2.28. The van der Waals surface area contributed by atoms with E-state index in [9.17, 15) is 4.79 Å². The standard InChI is InChI=1S/C15H16N2OS3/c18-15(14-11-20-6-7-21-14)17(9-12-3-5-19-10-12)13-2-1-4-16-8-13/h1-5,8,10,14H,6-7,9,11H2/t14-/m1/s1. The number of pyridine rings is 1. The molecule has 1 aliphatic rings. The number of amides is 1. The SMILES string of the molecule is O=C([C@H]1CSCCS1)N(Cc1ccsc1)c1cccnc1. The maximum atomic E-state index is 12.9. The van der Waals surface area contributed by atoms with Crippen LogP contribution < -0.4 is 4.90 Å². The fourth-order valence-electron chi connectivity index (χ4n) is 2.18. The summed E-state index contributed by atoms with van der Waals surface area (Å²) in [6.07, 6.45) is 3.51. The van der Waals surface area contributed by atoms with Crippen LogP contribution in [0.2, 0.25) is 0 Å². The predicted octanol–water partition coefficient (Wildman–Crippen LogP) is 3.52. The Kier molecular flexibility index (Phi) is 5.22. The van der Waals surface area contributed by atoms with Crippen LogP contribution in [0.1, 0.15) is 5.56 Å². The molecule has 3 nitrogen and oxygen atoms in total. The summed E-state index contributed by atoms with van der Waals surface area (Å²) in [6, 6.07) is 5.91. The summed E-state index contributed by atoms with van der Waals surface area (Å²) in [5, 5.41) is 4.20. The van der Waals surface area contributed by atoms with E-state index in [0.717, 1.165) is 22.9 Å². The maximum absolute atomic E-state index is 12.9. The topological polar surface area (TPSA) is 33.2 Å². The van der Waals surface area contributed by atoms with Gasteiger partial charge in [-0.2, -0.15) is 23.1 Å². The molecule has 2 aromatic rings. The Morgan fingerprint density at radius 3 is 3.00 bits per heavy atom. The summed E-state index contributed by atoms with van der Waals surface area (Å²) in [4.78, 5) is 18.9. The zero-order valence-electron chi connectivity index (χ0n) is 11.5. The fraction of sp³-hybridized carbons (Fsp3) is 0.333. The highest BCUT2D eigenvalue weighted by atomic mass is 32.2. The zero-order valence-corrected chi connectivity index (χ0v) is 13.9. The van der Waals surface area contributed by atoms with E-state index in [1.165, 1.54) is 5.56 Å². The maximum Gasteiger partial charge on any atom is 0.241 e. The Balaban J connectivity index is 1.82. The van der Waals surface area contributed by atoms with Crippen molar-refractivity contribution in [1.29, 1.82) is 0 Å².